The molecule has 3 aromatic rings. The predicted molar refractivity (Wildman–Crippen MR) is 127 cm³/mol. The number of piperidine rings is 1. The molecule has 0 N–H and O–H groups in total. The van der Waals surface area contributed by atoms with Gasteiger partial charge in [0.2, 0.25) is 5.89 Å². The van der Waals surface area contributed by atoms with E-state index in [0.717, 1.165) is 31.5 Å². The van der Waals surface area contributed by atoms with Crippen molar-refractivity contribution in [2.45, 2.75) is 45.3 Å². The highest BCUT2D eigenvalue weighted by molar-refractivity contribution is 6.42. The first-order chi connectivity index (χ1) is 15.5. The molecule has 1 aromatic heterocycles. The minimum atomic E-state index is -0.0492. The molecule has 4 rings (SSSR count). The summed E-state index contributed by atoms with van der Waals surface area (Å²) in [7, 11) is 0. The van der Waals surface area contributed by atoms with Crippen LogP contribution in [0.1, 0.15) is 59.7 Å². The Bertz CT molecular complexity index is 1050. The molecule has 1 amide bonds. The van der Waals surface area contributed by atoms with E-state index in [1.807, 2.05) is 41.3 Å². The normalized spacial score (nSPS) is 15.2. The summed E-state index contributed by atoms with van der Waals surface area (Å²) in [6.07, 6.45) is 4.75. The number of nitrogens with zero attached hydrogens (tertiary/aromatic N) is 3. The molecule has 5 nitrogen and oxygen atoms in total. The van der Waals surface area contributed by atoms with Crippen molar-refractivity contribution >= 4 is 29.1 Å². The maximum Gasteiger partial charge on any atom is 0.275 e. The van der Waals surface area contributed by atoms with Crippen LogP contribution in [0.4, 0.5) is 0 Å². The maximum absolute atomic E-state index is 12.8. The summed E-state index contributed by atoms with van der Waals surface area (Å²) in [5.41, 5.74) is 2.60. The van der Waals surface area contributed by atoms with E-state index < -0.39 is 0 Å². The molecule has 1 atom stereocenters. The van der Waals surface area contributed by atoms with Gasteiger partial charge in [-0.25, -0.2) is 4.98 Å². The molecule has 0 aliphatic carbocycles. The van der Waals surface area contributed by atoms with Crippen molar-refractivity contribution in [2.24, 2.45) is 0 Å². The van der Waals surface area contributed by atoms with E-state index in [1.165, 1.54) is 18.2 Å². The lowest BCUT2D eigenvalue weighted by Gasteiger charge is -2.28. The molecule has 168 valence electrons. The average Bonchev–Trinajstić information content (AvgIpc) is 3.30. The number of rotatable bonds is 7. The standard InChI is InChI=1S/C25H27Cl2N3O2/c1-18(20-8-4-2-5-9-20)30(15-19-10-11-21(26)22(27)14-19)16-24-28-23(17-32-24)25(31)29-12-6-3-7-13-29/h2,4-5,8-11,14,17-18H,3,6-7,12-13,15-16H2,1H3. The van der Waals surface area contributed by atoms with E-state index in [9.17, 15) is 4.79 Å². The largest absolute Gasteiger partial charge is 0.447 e. The number of oxazole rings is 1. The molecule has 1 fully saturated rings. The number of carbonyl (C=O) groups is 1. The fourth-order valence-corrected chi connectivity index (χ4v) is 4.38. The molecule has 1 aliphatic heterocycles. The van der Waals surface area contributed by atoms with Crippen molar-refractivity contribution in [3.05, 3.63) is 87.6 Å². The van der Waals surface area contributed by atoms with Gasteiger partial charge in [0.25, 0.3) is 5.91 Å². The maximum atomic E-state index is 12.8. The molecule has 2 heterocycles. The third-order valence-electron chi connectivity index (χ3n) is 5.95. The lowest BCUT2D eigenvalue weighted by Crippen LogP contribution is -2.35. The van der Waals surface area contributed by atoms with Gasteiger partial charge in [0.1, 0.15) is 6.26 Å². The Kier molecular flexibility index (Phi) is 7.51. The molecule has 0 spiro atoms. The molecule has 7 heteroatoms. The quantitative estimate of drug-likeness (QED) is 0.401. The Balaban J connectivity index is 1.54. The molecule has 1 unspecified atom stereocenters. The summed E-state index contributed by atoms with van der Waals surface area (Å²) in [5.74, 6) is 0.472. The van der Waals surface area contributed by atoms with Crippen molar-refractivity contribution in [3.63, 3.8) is 0 Å². The number of carbonyl (C=O) groups excluding carboxylic acids is 1. The zero-order valence-electron chi connectivity index (χ0n) is 18.1. The molecular weight excluding hydrogens is 445 g/mol. The van der Waals surface area contributed by atoms with Crippen molar-refractivity contribution in [3.8, 4) is 0 Å². The number of likely N-dealkylation sites (tertiary alicyclic amines) is 1. The van der Waals surface area contributed by atoms with Gasteiger partial charge < -0.3 is 9.32 Å². The summed E-state index contributed by atoms with van der Waals surface area (Å²) in [5, 5.41) is 1.06. The van der Waals surface area contributed by atoms with Crippen molar-refractivity contribution in [1.29, 1.82) is 0 Å². The van der Waals surface area contributed by atoms with E-state index >= 15 is 0 Å². The fraction of sp³-hybridized carbons (Fsp3) is 0.360. The van der Waals surface area contributed by atoms with Crippen LogP contribution in [0, 0.1) is 0 Å². The highest BCUT2D eigenvalue weighted by Crippen LogP contribution is 2.28. The van der Waals surface area contributed by atoms with Crippen molar-refractivity contribution in [1.82, 2.24) is 14.8 Å². The highest BCUT2D eigenvalue weighted by atomic mass is 35.5. The van der Waals surface area contributed by atoms with Gasteiger partial charge in [0.15, 0.2) is 5.69 Å². The SMILES string of the molecule is CC(c1ccccc1)N(Cc1ccc(Cl)c(Cl)c1)Cc1nc(C(=O)N2CCCCC2)co1. The number of benzene rings is 2. The van der Waals surface area contributed by atoms with Gasteiger partial charge in [-0.3, -0.25) is 9.69 Å². The van der Waals surface area contributed by atoms with E-state index in [-0.39, 0.29) is 11.9 Å². The van der Waals surface area contributed by atoms with Crippen LogP contribution in [0.2, 0.25) is 10.0 Å². The van der Waals surface area contributed by atoms with E-state index in [2.05, 4.69) is 28.9 Å². The topological polar surface area (TPSA) is 49.6 Å². The summed E-state index contributed by atoms with van der Waals surface area (Å²) >= 11 is 12.3. The second-order valence-electron chi connectivity index (χ2n) is 8.22. The molecule has 0 bridgehead atoms. The zero-order valence-corrected chi connectivity index (χ0v) is 19.6. The first kappa shape index (κ1) is 22.8. The monoisotopic (exact) mass is 471 g/mol. The molecule has 32 heavy (non-hydrogen) atoms. The van der Waals surface area contributed by atoms with Gasteiger partial charge in [0, 0.05) is 25.7 Å². The van der Waals surface area contributed by atoms with Crippen LogP contribution in [-0.2, 0) is 13.1 Å². The number of amides is 1. The van der Waals surface area contributed by atoms with Crippen LogP contribution in [-0.4, -0.2) is 33.8 Å². The van der Waals surface area contributed by atoms with E-state index in [0.29, 0.717) is 34.7 Å². The smallest absolute Gasteiger partial charge is 0.275 e. The van der Waals surface area contributed by atoms with Gasteiger partial charge in [-0.2, -0.15) is 0 Å². The average molecular weight is 472 g/mol. The number of hydrogen-bond donors (Lipinski definition) is 0. The minimum absolute atomic E-state index is 0.0492. The lowest BCUT2D eigenvalue weighted by atomic mass is 10.1. The van der Waals surface area contributed by atoms with Crippen molar-refractivity contribution < 1.29 is 9.21 Å². The van der Waals surface area contributed by atoms with Crippen LogP contribution in [0.5, 0.6) is 0 Å². The Morgan fingerprint density at radius 3 is 2.53 bits per heavy atom. The second-order valence-corrected chi connectivity index (χ2v) is 9.03. The van der Waals surface area contributed by atoms with E-state index in [4.69, 9.17) is 27.6 Å². The first-order valence-electron chi connectivity index (χ1n) is 11.0. The Morgan fingerprint density at radius 2 is 1.81 bits per heavy atom. The van der Waals surface area contributed by atoms with Gasteiger partial charge in [-0.15, -0.1) is 0 Å². The minimum Gasteiger partial charge on any atom is -0.447 e. The first-order valence-corrected chi connectivity index (χ1v) is 11.7. The number of hydrogen-bond acceptors (Lipinski definition) is 4. The Hall–Kier alpha value is -2.34. The highest BCUT2D eigenvalue weighted by Gasteiger charge is 2.24. The van der Waals surface area contributed by atoms with E-state index in [1.54, 1.807) is 0 Å². The fourth-order valence-electron chi connectivity index (χ4n) is 4.06. The summed E-state index contributed by atoms with van der Waals surface area (Å²) in [6, 6.07) is 16.0. The van der Waals surface area contributed by atoms with Crippen LogP contribution < -0.4 is 0 Å². The van der Waals surface area contributed by atoms with Crippen LogP contribution in [0.25, 0.3) is 0 Å². The third-order valence-corrected chi connectivity index (χ3v) is 6.69. The van der Waals surface area contributed by atoms with Gasteiger partial charge in [0.05, 0.1) is 16.6 Å². The third kappa shape index (κ3) is 5.52. The molecule has 2 aromatic carbocycles. The molecule has 0 radical (unpaired) electrons. The molecule has 1 aliphatic rings. The predicted octanol–water partition coefficient (Wildman–Crippen LogP) is 6.37. The number of aromatic nitrogens is 1. The van der Waals surface area contributed by atoms with Crippen LogP contribution in [0.3, 0.4) is 0 Å². The summed E-state index contributed by atoms with van der Waals surface area (Å²) in [6.45, 7) is 4.81. The summed E-state index contributed by atoms with van der Waals surface area (Å²) < 4.78 is 5.73. The zero-order chi connectivity index (χ0) is 22.5. The van der Waals surface area contributed by atoms with Crippen molar-refractivity contribution in [2.75, 3.05) is 13.1 Å². The lowest BCUT2D eigenvalue weighted by molar-refractivity contribution is 0.0718. The number of halogens is 2. The molecular formula is C25H27Cl2N3O2. The molecule has 1 saturated heterocycles. The van der Waals surface area contributed by atoms with Gasteiger partial charge in [-0.1, -0.05) is 59.6 Å². The van der Waals surface area contributed by atoms with Crippen LogP contribution in [0.15, 0.2) is 59.2 Å². The van der Waals surface area contributed by atoms with Gasteiger partial charge in [-0.05, 0) is 49.4 Å². The Labute approximate surface area is 198 Å². The van der Waals surface area contributed by atoms with Crippen LogP contribution >= 0.6 is 23.2 Å². The van der Waals surface area contributed by atoms with Gasteiger partial charge >= 0.3 is 0 Å². The molecule has 0 saturated carbocycles. The summed E-state index contributed by atoms with van der Waals surface area (Å²) in [4.78, 5) is 21.4. The Morgan fingerprint density at radius 1 is 1.06 bits per heavy atom. The second kappa shape index (κ2) is 10.5.